The molecule has 7 nitrogen and oxygen atoms in total. The summed E-state index contributed by atoms with van der Waals surface area (Å²) in [6.45, 7) is 1.93. The Morgan fingerprint density at radius 2 is 2.19 bits per heavy atom. The molecule has 1 aliphatic heterocycles. The summed E-state index contributed by atoms with van der Waals surface area (Å²) in [7, 11) is 0. The van der Waals surface area contributed by atoms with Gasteiger partial charge < -0.3 is 9.88 Å². The first-order valence-corrected chi connectivity index (χ1v) is 9.55. The summed E-state index contributed by atoms with van der Waals surface area (Å²) >= 11 is 1.48. The molecule has 1 aliphatic rings. The van der Waals surface area contributed by atoms with Crippen LogP contribution in [0.1, 0.15) is 23.2 Å². The molecule has 2 aromatic heterocycles. The topological polar surface area (TPSA) is 86.8 Å². The Labute approximate surface area is 160 Å². The van der Waals surface area contributed by atoms with E-state index in [0.717, 1.165) is 22.8 Å². The highest BCUT2D eigenvalue weighted by atomic mass is 32.1. The fraction of sp³-hybridized carbons (Fsp3) is 0.263. The van der Waals surface area contributed by atoms with Crippen LogP contribution in [-0.4, -0.2) is 33.0 Å². The van der Waals surface area contributed by atoms with Gasteiger partial charge in [0.1, 0.15) is 0 Å². The molecule has 27 heavy (non-hydrogen) atoms. The number of anilines is 1. The Morgan fingerprint density at radius 3 is 2.93 bits per heavy atom. The zero-order chi connectivity index (χ0) is 18.6. The van der Waals surface area contributed by atoms with Crippen molar-refractivity contribution in [1.82, 2.24) is 19.9 Å². The van der Waals surface area contributed by atoms with Gasteiger partial charge in [-0.3, -0.25) is 9.69 Å². The van der Waals surface area contributed by atoms with Crippen molar-refractivity contribution >= 4 is 22.4 Å². The number of hydrogen-bond donors (Lipinski definition) is 1. The molecule has 1 saturated heterocycles. The number of nitriles is 1. The van der Waals surface area contributed by atoms with E-state index in [2.05, 4.69) is 21.4 Å². The summed E-state index contributed by atoms with van der Waals surface area (Å²) in [5.74, 6) is 0.0723. The molecule has 1 N–H and O–H groups in total. The predicted molar refractivity (Wildman–Crippen MR) is 102 cm³/mol. The van der Waals surface area contributed by atoms with Crippen molar-refractivity contribution in [2.45, 2.75) is 25.6 Å². The van der Waals surface area contributed by atoms with Crippen LogP contribution >= 0.6 is 11.3 Å². The van der Waals surface area contributed by atoms with Gasteiger partial charge in [0.15, 0.2) is 5.13 Å². The van der Waals surface area contributed by atoms with E-state index in [1.165, 1.54) is 11.3 Å². The third-order valence-corrected chi connectivity index (χ3v) is 5.41. The van der Waals surface area contributed by atoms with E-state index in [0.29, 0.717) is 25.2 Å². The van der Waals surface area contributed by atoms with Crippen molar-refractivity contribution in [2.75, 3.05) is 11.4 Å². The molecule has 8 heteroatoms. The molecule has 3 heterocycles. The highest BCUT2D eigenvalue weighted by Crippen LogP contribution is 2.23. The number of thiazole rings is 1. The van der Waals surface area contributed by atoms with Gasteiger partial charge in [-0.05, 0) is 24.1 Å². The lowest BCUT2D eigenvalue weighted by Gasteiger charge is -2.15. The molecular formula is C19H18N6OS. The minimum atomic E-state index is -0.202. The van der Waals surface area contributed by atoms with Crippen LogP contribution in [-0.2, 0) is 17.9 Å². The summed E-state index contributed by atoms with van der Waals surface area (Å²) in [5, 5.41) is 14.9. The maximum absolute atomic E-state index is 12.6. The first kappa shape index (κ1) is 17.4. The Bertz CT molecular complexity index is 957. The number of carbonyl (C=O) groups is 1. The number of aromatic nitrogens is 3. The zero-order valence-corrected chi connectivity index (χ0v) is 15.4. The van der Waals surface area contributed by atoms with Crippen LogP contribution in [0, 0.1) is 11.3 Å². The summed E-state index contributed by atoms with van der Waals surface area (Å²) in [6, 6.07) is 9.44. The van der Waals surface area contributed by atoms with Crippen molar-refractivity contribution in [1.29, 1.82) is 5.26 Å². The van der Waals surface area contributed by atoms with Gasteiger partial charge in [0.25, 0.3) is 0 Å². The van der Waals surface area contributed by atoms with Crippen molar-refractivity contribution in [3.05, 3.63) is 65.2 Å². The highest BCUT2D eigenvalue weighted by molar-refractivity contribution is 7.13. The molecule has 0 saturated carbocycles. The number of hydrogen-bond acceptors (Lipinski definition) is 6. The molecule has 0 aliphatic carbocycles. The van der Waals surface area contributed by atoms with Gasteiger partial charge in [-0.1, -0.05) is 12.1 Å². The van der Waals surface area contributed by atoms with Crippen LogP contribution in [0.5, 0.6) is 0 Å². The molecule has 1 aromatic carbocycles. The van der Waals surface area contributed by atoms with Gasteiger partial charge in [-0.25, -0.2) is 9.97 Å². The van der Waals surface area contributed by atoms with Crippen molar-refractivity contribution in [3.63, 3.8) is 0 Å². The average molecular weight is 378 g/mol. The van der Waals surface area contributed by atoms with E-state index in [1.54, 1.807) is 17.4 Å². The first-order valence-electron chi connectivity index (χ1n) is 8.67. The summed E-state index contributed by atoms with van der Waals surface area (Å²) in [5.41, 5.74) is 2.76. The second-order valence-electron chi connectivity index (χ2n) is 6.35. The fourth-order valence-corrected chi connectivity index (χ4v) is 3.83. The van der Waals surface area contributed by atoms with Crippen LogP contribution in [0.25, 0.3) is 0 Å². The quantitative estimate of drug-likeness (QED) is 0.710. The number of rotatable bonds is 6. The van der Waals surface area contributed by atoms with Crippen LogP contribution in [0.2, 0.25) is 0 Å². The van der Waals surface area contributed by atoms with E-state index < -0.39 is 0 Å². The van der Waals surface area contributed by atoms with E-state index in [4.69, 9.17) is 5.26 Å². The van der Waals surface area contributed by atoms with Crippen molar-refractivity contribution in [2.24, 2.45) is 0 Å². The maximum atomic E-state index is 12.6. The normalized spacial score (nSPS) is 16.6. The smallest absolute Gasteiger partial charge is 0.245 e. The molecule has 1 atom stereocenters. The first-order chi connectivity index (χ1) is 13.2. The second-order valence-corrected chi connectivity index (χ2v) is 7.22. The third kappa shape index (κ3) is 3.74. The summed E-state index contributed by atoms with van der Waals surface area (Å²) < 4.78 is 2.05. The van der Waals surface area contributed by atoms with Crippen LogP contribution in [0.4, 0.5) is 5.13 Å². The third-order valence-electron chi connectivity index (χ3n) is 4.62. The molecular weight excluding hydrogens is 360 g/mol. The Kier molecular flexibility index (Phi) is 4.96. The molecule has 0 bridgehead atoms. The molecule has 1 amide bonds. The second kappa shape index (κ2) is 7.70. The molecule has 0 spiro atoms. The Hall–Kier alpha value is -3.02. The number of carbonyl (C=O) groups excluding carboxylic acids is 1. The van der Waals surface area contributed by atoms with Gasteiger partial charge in [-0.2, -0.15) is 5.26 Å². The molecule has 3 aromatic rings. The van der Waals surface area contributed by atoms with Gasteiger partial charge in [0.2, 0.25) is 5.91 Å². The van der Waals surface area contributed by atoms with Crippen molar-refractivity contribution < 1.29 is 4.79 Å². The number of nitrogens with zero attached hydrogens (tertiary/aromatic N) is 5. The van der Waals surface area contributed by atoms with Crippen LogP contribution in [0.15, 0.2) is 48.4 Å². The highest BCUT2D eigenvalue weighted by Gasteiger charge is 2.33. The van der Waals surface area contributed by atoms with E-state index in [9.17, 15) is 4.79 Å². The fourth-order valence-electron chi connectivity index (χ4n) is 3.16. The number of benzene rings is 1. The number of amides is 1. The molecule has 136 valence electrons. The lowest BCUT2D eigenvalue weighted by atomic mass is 10.1. The largest absolute Gasteiger partial charge is 0.329 e. The molecule has 0 radical (unpaired) electrons. The zero-order valence-electron chi connectivity index (χ0n) is 14.6. The maximum Gasteiger partial charge on any atom is 0.245 e. The van der Waals surface area contributed by atoms with Gasteiger partial charge >= 0.3 is 0 Å². The number of nitrogens with one attached hydrogen (secondary N) is 1. The van der Waals surface area contributed by atoms with Gasteiger partial charge in [0.05, 0.1) is 29.7 Å². The van der Waals surface area contributed by atoms with Gasteiger partial charge in [-0.15, -0.1) is 11.3 Å². The minimum absolute atomic E-state index is 0.0723. The van der Waals surface area contributed by atoms with E-state index in [1.807, 2.05) is 40.4 Å². The Morgan fingerprint density at radius 1 is 1.33 bits per heavy atom. The van der Waals surface area contributed by atoms with E-state index >= 15 is 0 Å². The van der Waals surface area contributed by atoms with Crippen LogP contribution < -0.4 is 10.2 Å². The molecule has 1 fully saturated rings. The van der Waals surface area contributed by atoms with E-state index in [-0.39, 0.29) is 11.9 Å². The lowest BCUT2D eigenvalue weighted by Crippen LogP contribution is -2.38. The molecule has 1 unspecified atom stereocenters. The summed E-state index contributed by atoms with van der Waals surface area (Å²) in [4.78, 5) is 22.8. The predicted octanol–water partition coefficient (Wildman–Crippen LogP) is 2.15. The van der Waals surface area contributed by atoms with Crippen LogP contribution in [0.3, 0.4) is 0 Å². The Balaban J connectivity index is 1.37. The summed E-state index contributed by atoms with van der Waals surface area (Å²) in [6.07, 6.45) is 6.08. The van der Waals surface area contributed by atoms with Crippen molar-refractivity contribution in [3.8, 4) is 6.07 Å². The number of imidazole rings is 1. The standard InChI is InChI=1S/C19H18N6OS/c20-9-14-1-3-15(4-2-14)12-24-13-21-10-16(24)11-23-17-5-7-25(18(17)26)19-22-6-8-27-19/h1-4,6,8,10,13,17,23H,5,7,11-12H2. The minimum Gasteiger partial charge on any atom is -0.329 e. The SMILES string of the molecule is N#Cc1ccc(Cn2cncc2CNC2CCN(c3nccs3)C2=O)cc1. The lowest BCUT2D eigenvalue weighted by molar-refractivity contribution is -0.118. The molecule has 4 rings (SSSR count). The monoisotopic (exact) mass is 378 g/mol. The average Bonchev–Trinajstić information content (AvgIpc) is 3.43. The van der Waals surface area contributed by atoms with Gasteiger partial charge in [0, 0.05) is 37.4 Å².